The fourth-order valence-electron chi connectivity index (χ4n) is 0.168. The van der Waals surface area contributed by atoms with E-state index in [-0.39, 0.29) is 0 Å². The summed E-state index contributed by atoms with van der Waals surface area (Å²) in [6.07, 6.45) is 0. The van der Waals surface area contributed by atoms with Gasteiger partial charge in [0.15, 0.2) is 5.62 Å². The third-order valence-corrected chi connectivity index (χ3v) is 0.652. The van der Waals surface area contributed by atoms with E-state index < -0.39 is 5.62 Å². The quantitative estimate of drug-likeness (QED) is 0.124. The number of rotatable bonds is 3. The number of hydrogen-bond acceptors (Lipinski definition) is 4. The molecule has 0 fully saturated rings. The van der Waals surface area contributed by atoms with E-state index in [1.54, 1.807) is 7.05 Å². The molecule has 0 radical (unpaired) electrons. The van der Waals surface area contributed by atoms with Gasteiger partial charge in [0.25, 0.3) is 0 Å². The van der Waals surface area contributed by atoms with Crippen molar-refractivity contribution >= 4 is 11.6 Å². The topological polar surface area (TPSA) is 62.1 Å². The summed E-state index contributed by atoms with van der Waals surface area (Å²) in [5, 5.41) is 0. The van der Waals surface area contributed by atoms with Gasteiger partial charge >= 0.3 is 0 Å². The van der Waals surface area contributed by atoms with E-state index in [1.807, 2.05) is 0 Å². The number of nitrogens with two attached hydrogens (primary N) is 1. The van der Waals surface area contributed by atoms with Gasteiger partial charge in [0, 0.05) is 0 Å². The minimum absolute atomic E-state index is 0.412. The van der Waals surface area contributed by atoms with Gasteiger partial charge in [-0.15, -0.1) is 0 Å². The fourth-order valence-corrected chi connectivity index (χ4v) is 0.277. The van der Waals surface area contributed by atoms with Crippen molar-refractivity contribution in [1.82, 2.24) is 16.3 Å². The largest absolute Gasteiger partial charge is 0.269 e. The maximum atomic E-state index is 5.36. The molecule has 0 aliphatic heterocycles. The van der Waals surface area contributed by atoms with Crippen molar-refractivity contribution in [2.24, 2.45) is 5.84 Å². The molecule has 0 bridgehead atoms. The van der Waals surface area contributed by atoms with E-state index in [1.165, 1.54) is 0 Å². The Bertz CT molecular complexity index is 40.7. The summed E-state index contributed by atoms with van der Waals surface area (Å²) in [6.45, 7) is 0. The van der Waals surface area contributed by atoms with Gasteiger partial charge in [-0.3, -0.25) is 11.3 Å². The van der Waals surface area contributed by atoms with Gasteiger partial charge in [-0.25, -0.2) is 10.9 Å². The molecule has 0 aliphatic rings. The highest BCUT2D eigenvalue weighted by Crippen LogP contribution is 1.74. The van der Waals surface area contributed by atoms with E-state index in [4.69, 9.17) is 17.4 Å². The molecule has 0 heterocycles. The van der Waals surface area contributed by atoms with Crippen LogP contribution in [0.15, 0.2) is 0 Å². The van der Waals surface area contributed by atoms with Crippen molar-refractivity contribution in [2.75, 3.05) is 7.05 Å². The summed E-state index contributed by atoms with van der Waals surface area (Å²) >= 11 is 5.36. The Balaban J connectivity index is 2.83. The minimum Gasteiger partial charge on any atom is -0.269 e. The monoisotopic (exact) mass is 124 g/mol. The van der Waals surface area contributed by atoms with E-state index >= 15 is 0 Å². The lowest BCUT2D eigenvalue weighted by molar-refractivity contribution is 0.496. The number of alkyl halides is 1. The van der Waals surface area contributed by atoms with E-state index in [0.717, 1.165) is 0 Å². The first kappa shape index (κ1) is 7.13. The van der Waals surface area contributed by atoms with Crippen LogP contribution in [0, 0.1) is 0 Å². The average molecular weight is 125 g/mol. The van der Waals surface area contributed by atoms with Crippen LogP contribution >= 0.6 is 11.6 Å². The van der Waals surface area contributed by atoms with Gasteiger partial charge in [-0.1, -0.05) is 11.6 Å². The van der Waals surface area contributed by atoms with Crippen LogP contribution in [0.4, 0.5) is 0 Å². The van der Waals surface area contributed by atoms with Crippen molar-refractivity contribution in [1.29, 1.82) is 0 Å². The van der Waals surface area contributed by atoms with E-state index in [0.29, 0.717) is 0 Å². The lowest BCUT2D eigenvalue weighted by Gasteiger charge is -2.06. The van der Waals surface area contributed by atoms with Crippen LogP contribution in [0.1, 0.15) is 0 Å². The molecule has 1 atom stereocenters. The van der Waals surface area contributed by atoms with Crippen LogP contribution in [-0.2, 0) is 0 Å². The lowest BCUT2D eigenvalue weighted by atomic mass is 11.1. The molecule has 4 nitrogen and oxygen atoms in total. The van der Waals surface area contributed by atoms with Crippen molar-refractivity contribution in [3.8, 4) is 0 Å². The Hall–Kier alpha value is 0.130. The first-order valence-corrected chi connectivity index (χ1v) is 2.27. The fraction of sp³-hybridized carbons (Fsp3) is 1.00. The predicted octanol–water partition coefficient (Wildman–Crippen LogP) is -1.30. The van der Waals surface area contributed by atoms with Crippen LogP contribution in [0.5, 0.6) is 0 Å². The van der Waals surface area contributed by atoms with Gasteiger partial charge in [-0.05, 0) is 7.05 Å². The predicted molar refractivity (Wildman–Crippen MR) is 29.2 cm³/mol. The highest BCUT2D eigenvalue weighted by molar-refractivity contribution is 6.19. The average Bonchev–Trinajstić information content (AvgIpc) is 1.68. The number of halogens is 1. The summed E-state index contributed by atoms with van der Waals surface area (Å²) in [5.74, 6) is 4.87. The van der Waals surface area contributed by atoms with Crippen LogP contribution in [0.2, 0.25) is 0 Å². The van der Waals surface area contributed by atoms with Crippen molar-refractivity contribution in [3.05, 3.63) is 0 Å². The Morgan fingerprint density at radius 1 is 1.71 bits per heavy atom. The standard InChI is InChI=1S/C2H9ClN4/c1-5-7-2(3)6-4/h2,5-7H,4H2,1H3. The first-order chi connectivity index (χ1) is 3.31. The second kappa shape index (κ2) is 4.29. The summed E-state index contributed by atoms with van der Waals surface area (Å²) in [5.41, 5.74) is 7.01. The smallest absolute Gasteiger partial charge is 0.159 e. The maximum Gasteiger partial charge on any atom is 0.159 e. The molecule has 5 heteroatoms. The summed E-state index contributed by atoms with van der Waals surface area (Å²) in [6, 6.07) is 0. The Morgan fingerprint density at radius 3 is 2.43 bits per heavy atom. The summed E-state index contributed by atoms with van der Waals surface area (Å²) in [4.78, 5) is 0. The van der Waals surface area contributed by atoms with Crippen LogP contribution < -0.4 is 22.1 Å². The molecule has 0 saturated heterocycles. The van der Waals surface area contributed by atoms with Gasteiger partial charge in [0.05, 0.1) is 0 Å². The van der Waals surface area contributed by atoms with Crippen molar-refractivity contribution in [3.63, 3.8) is 0 Å². The van der Waals surface area contributed by atoms with Crippen molar-refractivity contribution < 1.29 is 0 Å². The summed E-state index contributed by atoms with van der Waals surface area (Å²) < 4.78 is 0. The second-order valence-electron chi connectivity index (χ2n) is 0.924. The van der Waals surface area contributed by atoms with Crippen LogP contribution in [-0.4, -0.2) is 12.7 Å². The molecule has 0 rings (SSSR count). The molecule has 7 heavy (non-hydrogen) atoms. The molecule has 0 aromatic heterocycles. The molecule has 0 aromatic rings. The molecular formula is C2H9ClN4. The zero-order chi connectivity index (χ0) is 5.70. The SMILES string of the molecule is CNNC(Cl)NN. The summed E-state index contributed by atoms with van der Waals surface area (Å²) in [7, 11) is 1.70. The number of hydrazine groups is 2. The zero-order valence-corrected chi connectivity index (χ0v) is 4.79. The highest BCUT2D eigenvalue weighted by Gasteiger charge is 1.91. The molecule has 0 saturated carbocycles. The minimum atomic E-state index is -0.412. The second-order valence-corrected chi connectivity index (χ2v) is 1.36. The first-order valence-electron chi connectivity index (χ1n) is 1.83. The molecule has 44 valence electrons. The third-order valence-electron chi connectivity index (χ3n) is 0.417. The molecular weight excluding hydrogens is 116 g/mol. The van der Waals surface area contributed by atoms with Crippen LogP contribution in [0.3, 0.4) is 0 Å². The number of hydrogen-bond donors (Lipinski definition) is 4. The normalized spacial score (nSPS) is 14.1. The van der Waals surface area contributed by atoms with Crippen molar-refractivity contribution in [2.45, 2.75) is 5.62 Å². The highest BCUT2D eigenvalue weighted by atomic mass is 35.5. The number of nitrogens with one attached hydrogen (secondary N) is 3. The molecule has 0 amide bonds. The van der Waals surface area contributed by atoms with Gasteiger partial charge in [0.1, 0.15) is 0 Å². The van der Waals surface area contributed by atoms with Gasteiger partial charge in [-0.2, -0.15) is 0 Å². The molecule has 5 N–H and O–H groups in total. The Morgan fingerprint density at radius 2 is 2.29 bits per heavy atom. The van der Waals surface area contributed by atoms with E-state index in [9.17, 15) is 0 Å². The lowest BCUT2D eigenvalue weighted by Crippen LogP contribution is -2.46. The Kier molecular flexibility index (Phi) is 4.37. The van der Waals surface area contributed by atoms with Gasteiger partial charge in [0.2, 0.25) is 0 Å². The molecule has 0 aliphatic carbocycles. The maximum absolute atomic E-state index is 5.36. The van der Waals surface area contributed by atoms with E-state index in [2.05, 4.69) is 16.3 Å². The Labute approximate surface area is 47.3 Å². The zero-order valence-electron chi connectivity index (χ0n) is 4.03. The third kappa shape index (κ3) is 3.97. The molecule has 1 unspecified atom stereocenters. The molecule has 0 spiro atoms. The van der Waals surface area contributed by atoms with Gasteiger partial charge < -0.3 is 0 Å². The molecule has 0 aromatic carbocycles. The van der Waals surface area contributed by atoms with Crippen LogP contribution in [0.25, 0.3) is 0 Å².